The maximum absolute atomic E-state index is 6.56. The number of rotatable bonds is 4. The number of hydrogen-bond acceptors (Lipinski definition) is 0. The molecule has 0 nitrogen and oxygen atoms in total. The van der Waals surface area contributed by atoms with Gasteiger partial charge >= 0.3 is 0 Å². The molecule has 0 bridgehead atoms. The topological polar surface area (TPSA) is 0 Å². The van der Waals surface area contributed by atoms with Gasteiger partial charge in [-0.2, -0.15) is 0 Å². The summed E-state index contributed by atoms with van der Waals surface area (Å²) < 4.78 is 2.07. The summed E-state index contributed by atoms with van der Waals surface area (Å²) in [6, 6.07) is 14.7. The van der Waals surface area contributed by atoms with Crippen LogP contribution in [0.5, 0.6) is 0 Å². The van der Waals surface area contributed by atoms with Gasteiger partial charge in [-0.05, 0) is 41.3 Å². The van der Waals surface area contributed by atoms with Crippen molar-refractivity contribution in [1.82, 2.24) is 0 Å². The van der Waals surface area contributed by atoms with Crippen LogP contribution in [-0.4, -0.2) is 0 Å². The number of benzene rings is 2. The van der Waals surface area contributed by atoms with Crippen molar-refractivity contribution in [3.05, 3.63) is 68.1 Å². The van der Waals surface area contributed by atoms with Gasteiger partial charge in [-0.25, -0.2) is 0 Å². The molecule has 19 heavy (non-hydrogen) atoms. The van der Waals surface area contributed by atoms with Crippen LogP contribution < -0.4 is 0 Å². The van der Waals surface area contributed by atoms with Gasteiger partial charge in [0.2, 0.25) is 0 Å². The van der Waals surface area contributed by atoms with Crippen molar-refractivity contribution < 1.29 is 0 Å². The highest BCUT2D eigenvalue weighted by molar-refractivity contribution is 9.11. The van der Waals surface area contributed by atoms with E-state index in [1.54, 1.807) is 0 Å². The molecule has 0 spiro atoms. The number of aryl methyl sites for hydroxylation is 1. The molecule has 0 saturated heterocycles. The van der Waals surface area contributed by atoms with Crippen LogP contribution in [0.3, 0.4) is 0 Å². The first-order valence-corrected chi connectivity index (χ1v) is 8.31. The predicted octanol–water partition coefficient (Wildman–Crippen LogP) is 6.49. The van der Waals surface area contributed by atoms with Crippen molar-refractivity contribution in [2.24, 2.45) is 0 Å². The van der Waals surface area contributed by atoms with Crippen molar-refractivity contribution in [1.29, 1.82) is 0 Å². The molecule has 2 aromatic rings. The summed E-state index contributed by atoms with van der Waals surface area (Å²) in [4.78, 5) is 0. The standard InChI is InChI=1S/C16H15Br2Cl/c1-2-3-11-4-6-12(7-5-11)16(19)13-8-14(17)10-15(18)9-13/h4-10,16H,2-3H2,1H3. The van der Waals surface area contributed by atoms with E-state index in [2.05, 4.69) is 75.2 Å². The monoisotopic (exact) mass is 400 g/mol. The quantitative estimate of drug-likeness (QED) is 0.513. The van der Waals surface area contributed by atoms with Crippen LogP contribution in [-0.2, 0) is 6.42 Å². The van der Waals surface area contributed by atoms with Gasteiger partial charge in [0.05, 0.1) is 5.38 Å². The summed E-state index contributed by atoms with van der Waals surface area (Å²) in [6.07, 6.45) is 2.29. The lowest BCUT2D eigenvalue weighted by Crippen LogP contribution is -1.94. The van der Waals surface area contributed by atoms with Crippen LogP contribution in [0.1, 0.15) is 35.4 Å². The Morgan fingerprint density at radius 2 is 1.53 bits per heavy atom. The van der Waals surface area contributed by atoms with E-state index in [-0.39, 0.29) is 5.38 Å². The molecule has 2 rings (SSSR count). The summed E-state index contributed by atoms with van der Waals surface area (Å²) >= 11 is 13.6. The van der Waals surface area contributed by atoms with Gasteiger partial charge in [0, 0.05) is 8.95 Å². The lowest BCUT2D eigenvalue weighted by Gasteiger charge is -2.12. The van der Waals surface area contributed by atoms with E-state index in [0.29, 0.717) is 0 Å². The fourth-order valence-corrected chi connectivity index (χ4v) is 3.66. The molecule has 0 saturated carbocycles. The molecular formula is C16H15Br2Cl. The van der Waals surface area contributed by atoms with Gasteiger partial charge < -0.3 is 0 Å². The third kappa shape index (κ3) is 4.08. The SMILES string of the molecule is CCCc1ccc(C(Cl)c2cc(Br)cc(Br)c2)cc1. The molecule has 0 radical (unpaired) electrons. The normalized spacial score (nSPS) is 12.4. The minimum atomic E-state index is -0.121. The van der Waals surface area contributed by atoms with Crippen molar-refractivity contribution in [3.8, 4) is 0 Å². The second kappa shape index (κ2) is 6.92. The molecule has 0 N–H and O–H groups in total. The number of alkyl halides is 1. The first-order valence-electron chi connectivity index (χ1n) is 6.29. The number of hydrogen-bond donors (Lipinski definition) is 0. The smallest absolute Gasteiger partial charge is 0.0836 e. The Hall–Kier alpha value is -0.310. The second-order valence-corrected chi connectivity index (χ2v) is 6.82. The molecule has 2 aromatic carbocycles. The van der Waals surface area contributed by atoms with Gasteiger partial charge in [-0.15, -0.1) is 11.6 Å². The molecule has 0 heterocycles. The highest BCUT2D eigenvalue weighted by atomic mass is 79.9. The van der Waals surface area contributed by atoms with E-state index in [4.69, 9.17) is 11.6 Å². The van der Waals surface area contributed by atoms with E-state index in [0.717, 1.165) is 26.5 Å². The summed E-state index contributed by atoms with van der Waals surface area (Å²) in [7, 11) is 0. The summed E-state index contributed by atoms with van der Waals surface area (Å²) in [5.41, 5.74) is 3.59. The molecule has 0 aliphatic heterocycles. The van der Waals surface area contributed by atoms with Gasteiger partial charge in [0.1, 0.15) is 0 Å². The Labute approximate surface area is 136 Å². The fraction of sp³-hybridized carbons (Fsp3) is 0.250. The van der Waals surface area contributed by atoms with Gasteiger partial charge in [-0.3, -0.25) is 0 Å². The van der Waals surface area contributed by atoms with Crippen LogP contribution >= 0.6 is 43.5 Å². The molecule has 0 fully saturated rings. The van der Waals surface area contributed by atoms with Crippen molar-refractivity contribution >= 4 is 43.5 Å². The molecule has 3 heteroatoms. The van der Waals surface area contributed by atoms with Crippen LogP contribution in [0.15, 0.2) is 51.4 Å². The second-order valence-electron chi connectivity index (χ2n) is 4.56. The summed E-state index contributed by atoms with van der Waals surface area (Å²) in [5.74, 6) is 0. The molecule has 0 aromatic heterocycles. The zero-order chi connectivity index (χ0) is 13.8. The highest BCUT2D eigenvalue weighted by Gasteiger charge is 2.12. The Morgan fingerprint density at radius 3 is 2.05 bits per heavy atom. The maximum Gasteiger partial charge on any atom is 0.0836 e. The lowest BCUT2D eigenvalue weighted by atomic mass is 10.0. The van der Waals surface area contributed by atoms with E-state index in [1.165, 1.54) is 12.0 Å². The molecular weight excluding hydrogens is 387 g/mol. The van der Waals surface area contributed by atoms with E-state index in [1.807, 2.05) is 6.07 Å². The van der Waals surface area contributed by atoms with E-state index in [9.17, 15) is 0 Å². The molecule has 1 unspecified atom stereocenters. The fourth-order valence-electron chi connectivity index (χ4n) is 2.06. The van der Waals surface area contributed by atoms with E-state index < -0.39 is 0 Å². The third-order valence-electron chi connectivity index (χ3n) is 2.99. The third-order valence-corrected chi connectivity index (χ3v) is 4.41. The predicted molar refractivity (Wildman–Crippen MR) is 90.0 cm³/mol. The lowest BCUT2D eigenvalue weighted by molar-refractivity contribution is 0.920. The average Bonchev–Trinajstić information content (AvgIpc) is 2.38. The molecule has 0 aliphatic rings. The van der Waals surface area contributed by atoms with Gasteiger partial charge in [-0.1, -0.05) is 69.5 Å². The average molecular weight is 403 g/mol. The largest absolute Gasteiger partial charge is 0.113 e. The Bertz CT molecular complexity index is 529. The van der Waals surface area contributed by atoms with Crippen LogP contribution in [0.25, 0.3) is 0 Å². The number of halogens is 3. The Morgan fingerprint density at radius 1 is 0.947 bits per heavy atom. The Kier molecular flexibility index (Phi) is 5.49. The zero-order valence-corrected chi connectivity index (χ0v) is 14.6. The first-order chi connectivity index (χ1) is 9.10. The highest BCUT2D eigenvalue weighted by Crippen LogP contribution is 2.32. The van der Waals surface area contributed by atoms with Gasteiger partial charge in [0.25, 0.3) is 0 Å². The molecule has 1 atom stereocenters. The molecule has 0 aliphatic carbocycles. The zero-order valence-electron chi connectivity index (χ0n) is 10.7. The van der Waals surface area contributed by atoms with Crippen molar-refractivity contribution in [2.75, 3.05) is 0 Å². The van der Waals surface area contributed by atoms with Crippen molar-refractivity contribution in [3.63, 3.8) is 0 Å². The van der Waals surface area contributed by atoms with Crippen LogP contribution in [0.2, 0.25) is 0 Å². The summed E-state index contributed by atoms with van der Waals surface area (Å²) in [5, 5.41) is -0.121. The minimum absolute atomic E-state index is 0.121. The van der Waals surface area contributed by atoms with Crippen molar-refractivity contribution in [2.45, 2.75) is 25.1 Å². The minimum Gasteiger partial charge on any atom is -0.113 e. The molecule has 0 amide bonds. The van der Waals surface area contributed by atoms with Gasteiger partial charge in [0.15, 0.2) is 0 Å². The van der Waals surface area contributed by atoms with E-state index >= 15 is 0 Å². The molecule has 100 valence electrons. The maximum atomic E-state index is 6.56. The van der Waals surface area contributed by atoms with Crippen LogP contribution in [0.4, 0.5) is 0 Å². The first kappa shape index (κ1) is 15.1. The summed E-state index contributed by atoms with van der Waals surface area (Å²) in [6.45, 7) is 2.19. The Balaban J connectivity index is 2.25. The van der Waals surface area contributed by atoms with Crippen LogP contribution in [0, 0.1) is 0 Å².